The molecule has 1 rings (SSSR count). The van der Waals surface area contributed by atoms with Crippen molar-refractivity contribution in [3.8, 4) is 5.75 Å². The Hall–Kier alpha value is -1.83. The molecule has 104 valence electrons. The lowest BCUT2D eigenvalue weighted by Gasteiger charge is -2.08. The Bertz CT molecular complexity index is 456. The molecule has 0 heterocycles. The van der Waals surface area contributed by atoms with Crippen LogP contribution in [0.5, 0.6) is 5.75 Å². The fourth-order valence-corrected chi connectivity index (χ4v) is 1.71. The largest absolute Gasteiger partial charge is 0.481 e. The summed E-state index contributed by atoms with van der Waals surface area (Å²) in [6, 6.07) is 5.56. The van der Waals surface area contributed by atoms with Gasteiger partial charge in [0.05, 0.1) is 11.5 Å². The molecule has 2 N–H and O–H groups in total. The minimum absolute atomic E-state index is 0.0355. The average molecular weight is 291 g/mol. The number of ether oxygens (including phenoxy) is 1. The molecule has 0 aliphatic heterocycles. The maximum Gasteiger partial charge on any atom is 0.387 e. The van der Waals surface area contributed by atoms with Crippen molar-refractivity contribution >= 4 is 29.3 Å². The first-order valence-corrected chi connectivity index (χ1v) is 6.27. The summed E-state index contributed by atoms with van der Waals surface area (Å²) < 4.78 is 28.2. The van der Waals surface area contributed by atoms with Gasteiger partial charge in [0.25, 0.3) is 0 Å². The van der Waals surface area contributed by atoms with E-state index in [2.05, 4.69) is 10.1 Å². The lowest BCUT2D eigenvalue weighted by atomic mass is 10.3. The number of carboxylic acids is 1. The van der Waals surface area contributed by atoms with E-state index in [1.807, 2.05) is 0 Å². The lowest BCUT2D eigenvalue weighted by molar-refractivity contribution is -0.133. The van der Waals surface area contributed by atoms with Gasteiger partial charge in [-0.1, -0.05) is 6.07 Å². The Morgan fingerprint density at radius 3 is 2.74 bits per heavy atom. The number of carboxylic acid groups (broad SMARTS) is 1. The Labute approximate surface area is 111 Å². The normalized spacial score (nSPS) is 10.3. The quantitative estimate of drug-likeness (QED) is 0.804. The van der Waals surface area contributed by atoms with Crippen LogP contribution in [0.2, 0.25) is 0 Å². The highest BCUT2D eigenvalue weighted by Gasteiger charge is 2.07. The van der Waals surface area contributed by atoms with Crippen molar-refractivity contribution < 1.29 is 28.2 Å². The Kier molecular flexibility index (Phi) is 6.07. The molecular weight excluding hydrogens is 280 g/mol. The second-order valence-corrected chi connectivity index (χ2v) is 4.33. The summed E-state index contributed by atoms with van der Waals surface area (Å²) in [5.74, 6) is -1.70. The maximum absolute atomic E-state index is 12.0. The van der Waals surface area contributed by atoms with Crippen LogP contribution < -0.4 is 10.1 Å². The Morgan fingerprint density at radius 1 is 1.37 bits per heavy atom. The van der Waals surface area contributed by atoms with E-state index in [0.717, 1.165) is 11.8 Å². The summed E-state index contributed by atoms with van der Waals surface area (Å²) >= 11 is 0.941. The number of aliphatic carboxylic acids is 1. The average Bonchev–Trinajstić information content (AvgIpc) is 2.27. The minimum Gasteiger partial charge on any atom is -0.481 e. The van der Waals surface area contributed by atoms with E-state index in [4.69, 9.17) is 5.11 Å². The first kappa shape index (κ1) is 15.2. The van der Waals surface area contributed by atoms with Crippen LogP contribution in [0.25, 0.3) is 0 Å². The number of nitrogens with one attached hydrogen (secondary N) is 1. The van der Waals surface area contributed by atoms with Gasteiger partial charge in [-0.05, 0) is 12.1 Å². The maximum atomic E-state index is 12.0. The Morgan fingerprint density at radius 2 is 2.11 bits per heavy atom. The van der Waals surface area contributed by atoms with Crippen LogP contribution >= 0.6 is 11.8 Å². The standard InChI is InChI=1S/C11H11F2NO4S/c12-11(13)18-8-3-1-2-7(4-8)14-9(15)5-19-6-10(16)17/h1-4,11H,5-6H2,(H,14,15)(H,16,17). The zero-order valence-corrected chi connectivity index (χ0v) is 10.5. The van der Waals surface area contributed by atoms with Gasteiger partial charge in [0, 0.05) is 11.8 Å². The zero-order chi connectivity index (χ0) is 14.3. The number of carbonyl (C=O) groups excluding carboxylic acids is 1. The van der Waals surface area contributed by atoms with Crippen LogP contribution in [0.4, 0.5) is 14.5 Å². The van der Waals surface area contributed by atoms with Gasteiger partial charge in [-0.25, -0.2) is 0 Å². The van der Waals surface area contributed by atoms with E-state index >= 15 is 0 Å². The van der Waals surface area contributed by atoms with Crippen molar-refractivity contribution in [2.75, 3.05) is 16.8 Å². The van der Waals surface area contributed by atoms with E-state index in [1.165, 1.54) is 24.3 Å². The fraction of sp³-hybridized carbons (Fsp3) is 0.273. The van der Waals surface area contributed by atoms with Crippen LogP contribution in [0, 0.1) is 0 Å². The van der Waals surface area contributed by atoms with Gasteiger partial charge >= 0.3 is 12.6 Å². The molecular formula is C11H11F2NO4S. The van der Waals surface area contributed by atoms with E-state index in [9.17, 15) is 18.4 Å². The predicted octanol–water partition coefficient (Wildman–Crippen LogP) is 2.04. The van der Waals surface area contributed by atoms with Crippen molar-refractivity contribution in [3.05, 3.63) is 24.3 Å². The molecule has 0 aliphatic carbocycles. The van der Waals surface area contributed by atoms with Gasteiger partial charge in [-0.2, -0.15) is 8.78 Å². The molecule has 0 atom stereocenters. The summed E-state index contributed by atoms with van der Waals surface area (Å²) in [5.41, 5.74) is 0.305. The number of alkyl halides is 2. The molecule has 19 heavy (non-hydrogen) atoms. The molecule has 0 radical (unpaired) electrons. The van der Waals surface area contributed by atoms with Gasteiger partial charge in [0.2, 0.25) is 5.91 Å². The number of hydrogen-bond acceptors (Lipinski definition) is 4. The monoisotopic (exact) mass is 291 g/mol. The summed E-state index contributed by atoms with van der Waals surface area (Å²) in [7, 11) is 0. The van der Waals surface area contributed by atoms with Crippen LogP contribution in [-0.2, 0) is 9.59 Å². The number of benzene rings is 1. The van der Waals surface area contributed by atoms with Crippen LogP contribution in [0.1, 0.15) is 0 Å². The topological polar surface area (TPSA) is 75.6 Å². The van der Waals surface area contributed by atoms with Gasteiger partial charge in [0.1, 0.15) is 5.75 Å². The van der Waals surface area contributed by atoms with Gasteiger partial charge in [-0.3, -0.25) is 9.59 Å². The second-order valence-electron chi connectivity index (χ2n) is 3.34. The van der Waals surface area contributed by atoms with Crippen molar-refractivity contribution in [1.82, 2.24) is 0 Å². The fourth-order valence-electron chi connectivity index (χ4n) is 1.18. The molecule has 0 spiro atoms. The highest BCUT2D eigenvalue weighted by molar-refractivity contribution is 8.00. The van der Waals surface area contributed by atoms with E-state index in [-0.39, 0.29) is 17.3 Å². The first-order chi connectivity index (χ1) is 8.97. The lowest BCUT2D eigenvalue weighted by Crippen LogP contribution is -2.15. The predicted molar refractivity (Wildman–Crippen MR) is 66.7 cm³/mol. The van der Waals surface area contributed by atoms with E-state index in [0.29, 0.717) is 5.69 Å². The summed E-state index contributed by atoms with van der Waals surface area (Å²) in [5, 5.41) is 10.8. The number of thioether (sulfide) groups is 1. The third-order valence-electron chi connectivity index (χ3n) is 1.80. The van der Waals surface area contributed by atoms with Crippen molar-refractivity contribution in [3.63, 3.8) is 0 Å². The smallest absolute Gasteiger partial charge is 0.387 e. The number of amides is 1. The second kappa shape index (κ2) is 7.57. The van der Waals surface area contributed by atoms with Gasteiger partial charge < -0.3 is 15.2 Å². The summed E-state index contributed by atoms with van der Waals surface area (Å²) in [6.45, 7) is -2.93. The molecule has 1 amide bonds. The molecule has 5 nitrogen and oxygen atoms in total. The third-order valence-corrected chi connectivity index (χ3v) is 2.72. The van der Waals surface area contributed by atoms with Gasteiger partial charge in [-0.15, -0.1) is 11.8 Å². The number of hydrogen-bond donors (Lipinski definition) is 2. The van der Waals surface area contributed by atoms with Crippen LogP contribution in [0.3, 0.4) is 0 Å². The first-order valence-electron chi connectivity index (χ1n) is 5.11. The number of carbonyl (C=O) groups is 2. The third kappa shape index (κ3) is 6.61. The molecule has 0 bridgehead atoms. The summed E-state index contributed by atoms with van der Waals surface area (Å²) in [6.07, 6.45) is 0. The highest BCUT2D eigenvalue weighted by atomic mass is 32.2. The van der Waals surface area contributed by atoms with E-state index < -0.39 is 18.5 Å². The molecule has 0 aromatic heterocycles. The van der Waals surface area contributed by atoms with E-state index in [1.54, 1.807) is 0 Å². The number of anilines is 1. The molecule has 0 saturated heterocycles. The molecule has 0 fully saturated rings. The highest BCUT2D eigenvalue weighted by Crippen LogP contribution is 2.19. The van der Waals surface area contributed by atoms with Crippen LogP contribution in [-0.4, -0.2) is 35.1 Å². The molecule has 8 heteroatoms. The van der Waals surface area contributed by atoms with Gasteiger partial charge in [0.15, 0.2) is 0 Å². The minimum atomic E-state index is -2.93. The summed E-state index contributed by atoms with van der Waals surface area (Å²) in [4.78, 5) is 21.7. The molecule has 0 unspecified atom stereocenters. The van der Waals surface area contributed by atoms with Crippen molar-refractivity contribution in [1.29, 1.82) is 0 Å². The van der Waals surface area contributed by atoms with Crippen molar-refractivity contribution in [2.24, 2.45) is 0 Å². The van der Waals surface area contributed by atoms with Crippen LogP contribution in [0.15, 0.2) is 24.3 Å². The zero-order valence-electron chi connectivity index (χ0n) is 9.64. The molecule has 0 aliphatic rings. The van der Waals surface area contributed by atoms with Crippen molar-refractivity contribution in [2.45, 2.75) is 6.61 Å². The molecule has 1 aromatic carbocycles. The Balaban J connectivity index is 2.47. The SMILES string of the molecule is O=C(O)CSCC(=O)Nc1cccc(OC(F)F)c1. The molecule has 0 saturated carbocycles. The molecule has 1 aromatic rings. The number of rotatable bonds is 7. The number of halogens is 2.